The molecule has 2 N–H and O–H groups in total. The number of carbonyl (C=O) groups excluding carboxylic acids is 1. The van der Waals surface area contributed by atoms with E-state index in [2.05, 4.69) is 9.89 Å². The van der Waals surface area contributed by atoms with Crippen molar-refractivity contribution in [2.75, 3.05) is 32.8 Å². The lowest BCUT2D eigenvalue weighted by molar-refractivity contribution is -0.142. The van der Waals surface area contributed by atoms with Gasteiger partial charge in [-0.1, -0.05) is 72.4 Å². The molecule has 166 valence electrons. The largest absolute Gasteiger partial charge is 0.461 e. The molecule has 1 heterocycles. The number of nitrogens with zero attached hydrogens (tertiary/aromatic N) is 2. The molecule has 2 atom stereocenters. The minimum Gasteiger partial charge on any atom is -0.461 e. The number of morpholine rings is 1. The van der Waals surface area contributed by atoms with E-state index in [1.165, 1.54) is 18.7 Å². The van der Waals surface area contributed by atoms with Crippen LogP contribution in [0.5, 0.6) is 0 Å². The van der Waals surface area contributed by atoms with Crippen molar-refractivity contribution in [3.63, 3.8) is 0 Å². The molecule has 1 aliphatic heterocycles. The molecular formula is C23H29N3O4S. The predicted molar refractivity (Wildman–Crippen MR) is 122 cm³/mol. The molecule has 1 saturated heterocycles. The van der Waals surface area contributed by atoms with E-state index in [0.717, 1.165) is 24.2 Å². The molecule has 0 bridgehead atoms. The number of hydrogen-bond acceptors (Lipinski definition) is 7. The van der Waals surface area contributed by atoms with Crippen LogP contribution in [-0.2, 0) is 25.6 Å². The average Bonchev–Trinajstić information content (AvgIpc) is 2.79. The molecule has 1 aliphatic rings. The van der Waals surface area contributed by atoms with Crippen molar-refractivity contribution in [1.82, 2.24) is 4.90 Å². The first kappa shape index (κ1) is 23.1. The molecule has 0 saturated carbocycles. The van der Waals surface area contributed by atoms with Crippen LogP contribution < -0.4 is 5.73 Å². The first-order valence-corrected chi connectivity index (χ1v) is 11.2. The molecule has 0 spiro atoms. The van der Waals surface area contributed by atoms with Crippen LogP contribution in [0.4, 0.5) is 0 Å². The zero-order valence-electron chi connectivity index (χ0n) is 17.7. The molecular weight excluding hydrogens is 414 g/mol. The topological polar surface area (TPSA) is 86.4 Å². The third-order valence-electron chi connectivity index (χ3n) is 4.64. The Hall–Kier alpha value is -2.55. The lowest BCUT2D eigenvalue weighted by atomic mass is 10.2. The van der Waals surface area contributed by atoms with Gasteiger partial charge in [-0.25, -0.2) is 4.99 Å². The van der Waals surface area contributed by atoms with E-state index in [9.17, 15) is 4.79 Å². The van der Waals surface area contributed by atoms with Crippen molar-refractivity contribution in [3.05, 3.63) is 71.8 Å². The predicted octanol–water partition coefficient (Wildman–Crippen LogP) is 3.17. The van der Waals surface area contributed by atoms with Crippen LogP contribution in [-0.4, -0.2) is 55.1 Å². The maximum atomic E-state index is 11.7. The van der Waals surface area contributed by atoms with Crippen LogP contribution in [0, 0.1) is 0 Å². The smallest absolute Gasteiger partial charge is 0.304 e. The molecule has 7 nitrogen and oxygen atoms in total. The lowest BCUT2D eigenvalue weighted by Gasteiger charge is -2.30. The summed E-state index contributed by atoms with van der Waals surface area (Å²) < 4.78 is 16.7. The standard InChI is InChI=1S/C23H29N3O4S/c1-18(27)30-22(20-10-6-3-7-11-20)31-21(16-26-12-14-28-15-13-26)25-23(24)29-17-19-8-4-2-5-9-19/h2-11,21-22H,12-17H2,1H3,(H2,24,25)/t21-,22-/m1/s1. The van der Waals surface area contributed by atoms with E-state index in [-0.39, 0.29) is 17.4 Å². The van der Waals surface area contributed by atoms with Crippen molar-refractivity contribution in [2.24, 2.45) is 10.7 Å². The van der Waals surface area contributed by atoms with Crippen LogP contribution in [0.15, 0.2) is 65.7 Å². The Balaban J connectivity index is 1.72. The second-order valence-corrected chi connectivity index (χ2v) is 8.34. The molecule has 1 fully saturated rings. The van der Waals surface area contributed by atoms with Gasteiger partial charge in [0, 0.05) is 32.1 Å². The highest BCUT2D eigenvalue weighted by Crippen LogP contribution is 2.34. The molecule has 2 aromatic carbocycles. The molecule has 3 rings (SSSR count). The van der Waals surface area contributed by atoms with E-state index in [1.807, 2.05) is 60.7 Å². The fourth-order valence-corrected chi connectivity index (χ4v) is 4.36. The van der Waals surface area contributed by atoms with Crippen molar-refractivity contribution < 1.29 is 19.0 Å². The molecule has 0 unspecified atom stereocenters. The van der Waals surface area contributed by atoms with E-state index in [0.29, 0.717) is 26.4 Å². The van der Waals surface area contributed by atoms with E-state index in [1.54, 1.807) is 0 Å². The monoisotopic (exact) mass is 443 g/mol. The third kappa shape index (κ3) is 8.24. The Bertz CT molecular complexity index is 829. The number of benzene rings is 2. The van der Waals surface area contributed by atoms with Crippen molar-refractivity contribution in [3.8, 4) is 0 Å². The second-order valence-electron chi connectivity index (χ2n) is 7.10. The summed E-state index contributed by atoms with van der Waals surface area (Å²) in [5, 5.41) is -0.279. The Morgan fingerprint density at radius 2 is 1.77 bits per heavy atom. The summed E-state index contributed by atoms with van der Waals surface area (Å²) in [4.78, 5) is 18.6. The molecule has 0 aromatic heterocycles. The Morgan fingerprint density at radius 1 is 1.13 bits per heavy atom. The summed E-state index contributed by atoms with van der Waals surface area (Å²) in [7, 11) is 0. The number of hydrogen-bond donors (Lipinski definition) is 1. The van der Waals surface area contributed by atoms with Crippen LogP contribution >= 0.6 is 11.8 Å². The Kier molecular flexibility index (Phi) is 9.20. The molecule has 0 amide bonds. The summed E-state index contributed by atoms with van der Waals surface area (Å²) in [6.45, 7) is 5.42. The number of nitrogens with two attached hydrogens (primary N) is 1. The maximum absolute atomic E-state index is 11.7. The lowest BCUT2D eigenvalue weighted by Crippen LogP contribution is -2.40. The molecule has 0 radical (unpaired) electrons. The Morgan fingerprint density at radius 3 is 2.42 bits per heavy atom. The van der Waals surface area contributed by atoms with Gasteiger partial charge in [0.25, 0.3) is 6.02 Å². The van der Waals surface area contributed by atoms with Gasteiger partial charge in [0.15, 0.2) is 5.44 Å². The number of aliphatic imine (C=N–C) groups is 1. The normalized spacial score (nSPS) is 17.0. The number of ether oxygens (including phenoxy) is 3. The number of carbonyl (C=O) groups is 1. The fraction of sp³-hybridized carbons (Fsp3) is 0.391. The van der Waals surface area contributed by atoms with Gasteiger partial charge in [-0.2, -0.15) is 0 Å². The molecule has 2 aromatic rings. The first-order chi connectivity index (χ1) is 15.1. The van der Waals surface area contributed by atoms with Gasteiger partial charge in [0.1, 0.15) is 12.0 Å². The van der Waals surface area contributed by atoms with Gasteiger partial charge < -0.3 is 19.9 Å². The summed E-state index contributed by atoms with van der Waals surface area (Å²) in [5.41, 5.74) is 7.53. The minimum atomic E-state index is -0.490. The van der Waals surface area contributed by atoms with Gasteiger partial charge in [0.05, 0.1) is 13.2 Å². The zero-order valence-corrected chi connectivity index (χ0v) is 18.5. The number of rotatable bonds is 9. The van der Waals surface area contributed by atoms with Gasteiger partial charge in [0.2, 0.25) is 0 Å². The fourth-order valence-electron chi connectivity index (χ4n) is 3.11. The summed E-state index contributed by atoms with van der Waals surface area (Å²) in [6, 6.07) is 19.6. The summed E-state index contributed by atoms with van der Waals surface area (Å²) >= 11 is 1.44. The second kappa shape index (κ2) is 12.3. The molecule has 31 heavy (non-hydrogen) atoms. The Labute approximate surface area is 187 Å². The third-order valence-corrected chi connectivity index (χ3v) is 5.83. The van der Waals surface area contributed by atoms with Crippen molar-refractivity contribution in [2.45, 2.75) is 24.3 Å². The summed E-state index contributed by atoms with van der Waals surface area (Å²) in [5.74, 6) is -0.344. The molecule has 8 heteroatoms. The maximum Gasteiger partial charge on any atom is 0.304 e. The van der Waals surface area contributed by atoms with Gasteiger partial charge in [-0.15, -0.1) is 0 Å². The van der Waals surface area contributed by atoms with Gasteiger partial charge >= 0.3 is 5.97 Å². The van der Waals surface area contributed by atoms with E-state index >= 15 is 0 Å². The van der Waals surface area contributed by atoms with E-state index in [4.69, 9.17) is 19.9 Å². The zero-order chi connectivity index (χ0) is 21.9. The van der Waals surface area contributed by atoms with Crippen LogP contribution in [0.1, 0.15) is 23.5 Å². The van der Waals surface area contributed by atoms with E-state index < -0.39 is 5.44 Å². The van der Waals surface area contributed by atoms with Crippen LogP contribution in [0.2, 0.25) is 0 Å². The highest BCUT2D eigenvalue weighted by atomic mass is 32.2. The van der Waals surface area contributed by atoms with Crippen molar-refractivity contribution >= 4 is 23.8 Å². The van der Waals surface area contributed by atoms with Crippen molar-refractivity contribution in [1.29, 1.82) is 0 Å². The number of amidine groups is 1. The SMILES string of the molecule is CC(=O)O[C@H](S[C@H](CN1CCOCC1)/N=C(/N)OCc1ccccc1)c1ccccc1. The number of thioether (sulfide) groups is 1. The average molecular weight is 444 g/mol. The number of esters is 1. The van der Waals surface area contributed by atoms with Crippen LogP contribution in [0.25, 0.3) is 0 Å². The highest BCUT2D eigenvalue weighted by Gasteiger charge is 2.24. The van der Waals surface area contributed by atoms with Crippen LogP contribution in [0.3, 0.4) is 0 Å². The van der Waals surface area contributed by atoms with Gasteiger partial charge in [-0.3, -0.25) is 9.69 Å². The minimum absolute atomic E-state index is 0.115. The summed E-state index contributed by atoms with van der Waals surface area (Å²) in [6.07, 6.45) is 0. The molecule has 0 aliphatic carbocycles. The van der Waals surface area contributed by atoms with Gasteiger partial charge in [-0.05, 0) is 5.56 Å². The first-order valence-electron chi connectivity index (χ1n) is 10.3. The highest BCUT2D eigenvalue weighted by molar-refractivity contribution is 8.00. The quantitative estimate of drug-likeness (QED) is 0.276.